The van der Waals surface area contributed by atoms with Crippen molar-refractivity contribution in [2.75, 3.05) is 11.9 Å². The molecule has 78 valence electrons. The van der Waals surface area contributed by atoms with Crippen LogP contribution in [0.15, 0.2) is 12.3 Å². The number of nitrogens with zero attached hydrogens (tertiary/aromatic N) is 1. The topological polar surface area (TPSA) is 50.9 Å². The average Bonchev–Trinajstić information content (AvgIpc) is 2.10. The van der Waals surface area contributed by atoms with Gasteiger partial charge in [0.05, 0.1) is 5.02 Å². The summed E-state index contributed by atoms with van der Waals surface area (Å²) in [7, 11) is 0. The van der Waals surface area contributed by atoms with Gasteiger partial charge in [0.2, 0.25) is 0 Å². The first-order valence-corrected chi connectivity index (χ1v) is 4.62. The smallest absolute Gasteiger partial charge is 0.166 e. The Kier molecular flexibility index (Phi) is 3.29. The highest BCUT2D eigenvalue weighted by Crippen LogP contribution is 2.18. The zero-order valence-electron chi connectivity index (χ0n) is 8.14. The summed E-state index contributed by atoms with van der Waals surface area (Å²) >= 11 is 5.57. The highest BCUT2D eigenvalue weighted by molar-refractivity contribution is 6.30. The van der Waals surface area contributed by atoms with E-state index in [1.165, 1.54) is 12.3 Å². The van der Waals surface area contributed by atoms with Crippen molar-refractivity contribution in [2.24, 2.45) is 5.73 Å². The number of nitrogens with two attached hydrogens (primary N) is 1. The molecule has 0 amide bonds. The molecule has 5 heteroatoms. The van der Waals surface area contributed by atoms with E-state index in [0.717, 1.165) is 0 Å². The molecule has 1 aromatic rings. The SMILES string of the molecule is CC(C)(CN)Nc1ncc(Cl)cc1F. The maximum atomic E-state index is 13.3. The van der Waals surface area contributed by atoms with Crippen molar-refractivity contribution in [1.29, 1.82) is 0 Å². The van der Waals surface area contributed by atoms with Crippen molar-refractivity contribution in [3.05, 3.63) is 23.1 Å². The third-order valence-electron chi connectivity index (χ3n) is 1.77. The number of aromatic nitrogens is 1. The first-order valence-electron chi connectivity index (χ1n) is 4.24. The lowest BCUT2D eigenvalue weighted by atomic mass is 10.1. The maximum Gasteiger partial charge on any atom is 0.166 e. The molecule has 0 aliphatic carbocycles. The predicted molar refractivity (Wildman–Crippen MR) is 56.0 cm³/mol. The van der Waals surface area contributed by atoms with Gasteiger partial charge in [-0.05, 0) is 19.9 Å². The van der Waals surface area contributed by atoms with Gasteiger partial charge in [-0.1, -0.05) is 11.6 Å². The molecule has 0 atom stereocenters. The van der Waals surface area contributed by atoms with Crippen LogP contribution in [0.5, 0.6) is 0 Å². The molecule has 0 saturated heterocycles. The van der Waals surface area contributed by atoms with Crippen molar-refractivity contribution >= 4 is 17.4 Å². The van der Waals surface area contributed by atoms with Gasteiger partial charge >= 0.3 is 0 Å². The standard InChI is InChI=1S/C9H13ClFN3/c1-9(2,5-12)14-8-7(11)3-6(10)4-13-8/h3-4H,5,12H2,1-2H3,(H,13,14). The number of halogens is 2. The molecule has 0 fully saturated rings. The second kappa shape index (κ2) is 4.11. The molecule has 0 unspecified atom stereocenters. The summed E-state index contributed by atoms with van der Waals surface area (Å²) in [5, 5.41) is 3.17. The van der Waals surface area contributed by atoms with E-state index < -0.39 is 5.82 Å². The van der Waals surface area contributed by atoms with Crippen LogP contribution < -0.4 is 11.1 Å². The first kappa shape index (κ1) is 11.2. The fourth-order valence-corrected chi connectivity index (χ4v) is 1.02. The molecule has 3 nitrogen and oxygen atoms in total. The molecule has 0 spiro atoms. The van der Waals surface area contributed by atoms with E-state index in [2.05, 4.69) is 10.3 Å². The van der Waals surface area contributed by atoms with Gasteiger partial charge in [0, 0.05) is 18.3 Å². The lowest BCUT2D eigenvalue weighted by molar-refractivity contribution is 0.559. The van der Waals surface area contributed by atoms with Gasteiger partial charge in [-0.15, -0.1) is 0 Å². The van der Waals surface area contributed by atoms with Crippen LogP contribution in [0.25, 0.3) is 0 Å². The van der Waals surface area contributed by atoms with Crippen molar-refractivity contribution in [2.45, 2.75) is 19.4 Å². The third-order valence-corrected chi connectivity index (χ3v) is 1.98. The molecule has 1 rings (SSSR count). The minimum atomic E-state index is -0.473. The Labute approximate surface area is 87.5 Å². The van der Waals surface area contributed by atoms with Gasteiger partial charge in [0.15, 0.2) is 11.6 Å². The Morgan fingerprint density at radius 3 is 2.79 bits per heavy atom. The Morgan fingerprint density at radius 1 is 1.64 bits per heavy atom. The molecule has 14 heavy (non-hydrogen) atoms. The minimum absolute atomic E-state index is 0.171. The van der Waals surface area contributed by atoms with Gasteiger partial charge in [-0.2, -0.15) is 0 Å². The summed E-state index contributed by atoms with van der Waals surface area (Å²) < 4.78 is 13.3. The second-order valence-corrected chi connectivity index (χ2v) is 4.13. The zero-order chi connectivity index (χ0) is 10.8. The molecule has 0 aromatic carbocycles. The molecule has 1 aromatic heterocycles. The number of pyridine rings is 1. The Hall–Kier alpha value is -0.870. The van der Waals surface area contributed by atoms with Gasteiger partial charge in [0.1, 0.15) is 0 Å². The van der Waals surface area contributed by atoms with E-state index in [1.54, 1.807) is 0 Å². The third kappa shape index (κ3) is 2.82. The molecule has 0 aliphatic heterocycles. The van der Waals surface area contributed by atoms with E-state index in [1.807, 2.05) is 13.8 Å². The summed E-state index contributed by atoms with van der Waals surface area (Å²) in [6.45, 7) is 4.11. The van der Waals surface area contributed by atoms with E-state index >= 15 is 0 Å². The monoisotopic (exact) mass is 217 g/mol. The average molecular weight is 218 g/mol. The number of hydrogen-bond donors (Lipinski definition) is 2. The van der Waals surface area contributed by atoms with Crippen molar-refractivity contribution in [3.63, 3.8) is 0 Å². The summed E-state index contributed by atoms with van der Waals surface area (Å²) in [5.41, 5.74) is 5.11. The number of rotatable bonds is 3. The van der Waals surface area contributed by atoms with Crippen LogP contribution in [0.2, 0.25) is 5.02 Å². The molecule has 3 N–H and O–H groups in total. The van der Waals surface area contributed by atoms with Crippen LogP contribution in [-0.4, -0.2) is 17.1 Å². The van der Waals surface area contributed by atoms with Gasteiger partial charge in [0.25, 0.3) is 0 Å². The summed E-state index contributed by atoms with van der Waals surface area (Å²) in [6.07, 6.45) is 1.39. The predicted octanol–water partition coefficient (Wildman–Crippen LogP) is 2.02. The molecule has 0 saturated carbocycles. The molecule has 0 bridgehead atoms. The normalized spacial score (nSPS) is 11.5. The van der Waals surface area contributed by atoms with Crippen LogP contribution in [-0.2, 0) is 0 Å². The quantitative estimate of drug-likeness (QED) is 0.815. The van der Waals surface area contributed by atoms with E-state index in [-0.39, 0.29) is 16.4 Å². The molecule has 0 radical (unpaired) electrons. The molecular weight excluding hydrogens is 205 g/mol. The van der Waals surface area contributed by atoms with Crippen molar-refractivity contribution in [3.8, 4) is 0 Å². The minimum Gasteiger partial charge on any atom is -0.361 e. The number of anilines is 1. The second-order valence-electron chi connectivity index (χ2n) is 3.70. The molecule has 0 aliphatic rings. The molecule has 1 heterocycles. The fraction of sp³-hybridized carbons (Fsp3) is 0.444. The van der Waals surface area contributed by atoms with Crippen LogP contribution >= 0.6 is 11.6 Å². The van der Waals surface area contributed by atoms with E-state index in [0.29, 0.717) is 6.54 Å². The Bertz CT molecular complexity index is 328. The largest absolute Gasteiger partial charge is 0.361 e. The Balaban J connectivity index is 2.87. The van der Waals surface area contributed by atoms with Gasteiger partial charge < -0.3 is 11.1 Å². The zero-order valence-corrected chi connectivity index (χ0v) is 8.90. The van der Waals surface area contributed by atoms with Gasteiger partial charge in [-0.3, -0.25) is 0 Å². The molecular formula is C9H13ClFN3. The first-order chi connectivity index (χ1) is 6.44. The van der Waals surface area contributed by atoms with Crippen LogP contribution in [0.3, 0.4) is 0 Å². The van der Waals surface area contributed by atoms with E-state index in [4.69, 9.17) is 17.3 Å². The van der Waals surface area contributed by atoms with Crippen molar-refractivity contribution < 1.29 is 4.39 Å². The highest BCUT2D eigenvalue weighted by atomic mass is 35.5. The van der Waals surface area contributed by atoms with Crippen LogP contribution in [0, 0.1) is 5.82 Å². The van der Waals surface area contributed by atoms with E-state index in [9.17, 15) is 4.39 Å². The number of hydrogen-bond acceptors (Lipinski definition) is 3. The van der Waals surface area contributed by atoms with Gasteiger partial charge in [-0.25, -0.2) is 9.37 Å². The summed E-state index contributed by atoms with van der Waals surface area (Å²) in [6, 6.07) is 1.21. The summed E-state index contributed by atoms with van der Waals surface area (Å²) in [4.78, 5) is 3.84. The summed E-state index contributed by atoms with van der Waals surface area (Å²) in [5.74, 6) is -0.302. The van der Waals surface area contributed by atoms with Crippen LogP contribution in [0.4, 0.5) is 10.2 Å². The highest BCUT2D eigenvalue weighted by Gasteiger charge is 2.17. The van der Waals surface area contributed by atoms with Crippen molar-refractivity contribution in [1.82, 2.24) is 4.98 Å². The van der Waals surface area contributed by atoms with Crippen LogP contribution in [0.1, 0.15) is 13.8 Å². The maximum absolute atomic E-state index is 13.3. The lowest BCUT2D eigenvalue weighted by Crippen LogP contribution is -2.39. The Morgan fingerprint density at radius 2 is 2.29 bits per heavy atom. The number of nitrogens with one attached hydrogen (secondary N) is 1. The lowest BCUT2D eigenvalue weighted by Gasteiger charge is -2.24. The fourth-order valence-electron chi connectivity index (χ4n) is 0.878.